The molecule has 0 heterocycles. The van der Waals surface area contributed by atoms with Crippen LogP contribution >= 0.6 is 0 Å². The zero-order valence-electron chi connectivity index (χ0n) is 4.39. The van der Waals surface area contributed by atoms with Crippen LogP contribution < -0.4 is 2.81 Å². The maximum atomic E-state index is 2.15. The molecule has 0 aliphatic carbocycles. The average Bonchev–Trinajstić information content (AvgIpc) is 1.69. The molecule has 0 spiro atoms. The molecule has 1 aromatic carbocycles. The van der Waals surface area contributed by atoms with Gasteiger partial charge in [0.15, 0.2) is 0 Å². The number of hydrogen-bond donors (Lipinski definition) is 0. The van der Waals surface area contributed by atoms with Crippen LogP contribution in [0.3, 0.4) is 0 Å². The molecule has 0 atom stereocenters. The van der Waals surface area contributed by atoms with E-state index in [9.17, 15) is 0 Å². The van der Waals surface area contributed by atoms with Gasteiger partial charge in [-0.05, 0) is 0 Å². The first-order valence-electron chi connectivity index (χ1n) is 2.41. The summed E-state index contributed by atoms with van der Waals surface area (Å²) in [6.45, 7) is 0. The zero-order valence-corrected chi connectivity index (χ0v) is 6.39. The molecule has 0 fully saturated rings. The van der Waals surface area contributed by atoms with Crippen LogP contribution in [0.5, 0.6) is 0 Å². The van der Waals surface area contributed by atoms with Gasteiger partial charge in [-0.2, -0.15) is 0 Å². The minimum atomic E-state index is 0. The topological polar surface area (TPSA) is 0 Å². The van der Waals surface area contributed by atoms with E-state index >= 15 is 0 Å². The van der Waals surface area contributed by atoms with Gasteiger partial charge >= 0.3 is 61.1 Å². The van der Waals surface area contributed by atoms with Gasteiger partial charge in [0, 0.05) is 0 Å². The van der Waals surface area contributed by atoms with Crippen molar-refractivity contribution in [3.63, 3.8) is 0 Å². The second kappa shape index (κ2) is 4.19. The standard InChI is InChI=1S/C6H5.BH3.Na/c1-2-4-6-5-3-1;;/h1-5H;1H3;. The Kier molecular flexibility index (Phi) is 4.34. The maximum absolute atomic E-state index is 2.15. The first kappa shape index (κ1) is 8.28. The van der Waals surface area contributed by atoms with Gasteiger partial charge in [0.2, 0.25) is 0 Å². The molecule has 0 nitrogen and oxygen atoms in total. The van der Waals surface area contributed by atoms with E-state index in [2.05, 4.69) is 24.3 Å². The summed E-state index contributed by atoms with van der Waals surface area (Å²) < 4.78 is 1.46. The quantitative estimate of drug-likeness (QED) is 0.391. The second-order valence-electron chi connectivity index (χ2n) is 1.65. The summed E-state index contributed by atoms with van der Waals surface area (Å²) in [6, 6.07) is 10.5. The number of benzene rings is 1. The molecule has 0 unspecified atom stereocenters. The molecule has 0 aliphatic heterocycles. The molecule has 8 heavy (non-hydrogen) atoms. The van der Waals surface area contributed by atoms with Crippen LogP contribution in [0.1, 0.15) is 0 Å². The third kappa shape index (κ3) is 2.56. The third-order valence-electron chi connectivity index (χ3n) is 0.940. The summed E-state index contributed by atoms with van der Waals surface area (Å²) in [4.78, 5) is 0. The third-order valence-corrected chi connectivity index (χ3v) is 1.61. The molecule has 36 valence electrons. The van der Waals surface area contributed by atoms with Crippen molar-refractivity contribution in [3.8, 4) is 0 Å². The van der Waals surface area contributed by atoms with Crippen LogP contribution in [0.25, 0.3) is 0 Å². The summed E-state index contributed by atoms with van der Waals surface area (Å²) in [5.74, 6) is 0. The van der Waals surface area contributed by atoms with Gasteiger partial charge in [-0.3, -0.25) is 0 Å². The predicted molar refractivity (Wildman–Crippen MR) is 41.8 cm³/mol. The van der Waals surface area contributed by atoms with Crippen molar-refractivity contribution < 1.29 is 0 Å². The van der Waals surface area contributed by atoms with E-state index < -0.39 is 0 Å². The van der Waals surface area contributed by atoms with Crippen LogP contribution in [0.2, 0.25) is 0 Å². The van der Waals surface area contributed by atoms with E-state index in [1.807, 2.05) is 6.07 Å². The Morgan fingerprint density at radius 3 is 1.75 bits per heavy atom. The fourth-order valence-electron chi connectivity index (χ4n) is 0.534. The molecule has 0 amide bonds. The van der Waals surface area contributed by atoms with Crippen molar-refractivity contribution >= 4 is 39.2 Å². The van der Waals surface area contributed by atoms with Crippen molar-refractivity contribution in [1.29, 1.82) is 0 Å². The fourth-order valence-corrected chi connectivity index (χ4v) is 0.919. The normalized spacial score (nSPS) is 7.75. The molecular weight excluding hydrogens is 106 g/mol. The van der Waals surface area contributed by atoms with Crippen molar-refractivity contribution in [2.24, 2.45) is 0 Å². The van der Waals surface area contributed by atoms with E-state index in [0.717, 1.165) is 0 Å². The van der Waals surface area contributed by atoms with Gasteiger partial charge < -0.3 is 0 Å². The Balaban J connectivity index is 0.000000490. The minimum absolute atomic E-state index is 0. The van der Waals surface area contributed by atoms with Gasteiger partial charge in [-0.25, -0.2) is 0 Å². The second-order valence-corrected chi connectivity index (χ2v) is 2.81. The van der Waals surface area contributed by atoms with Crippen molar-refractivity contribution in [2.45, 2.75) is 0 Å². The van der Waals surface area contributed by atoms with Gasteiger partial charge in [-0.15, -0.1) is 0 Å². The SMILES string of the molecule is B.[Na][c]1ccccc1. The zero-order chi connectivity index (χ0) is 5.11. The Morgan fingerprint density at radius 1 is 1.00 bits per heavy atom. The molecule has 1 rings (SSSR count). The summed E-state index contributed by atoms with van der Waals surface area (Å²) in [6.07, 6.45) is 0. The van der Waals surface area contributed by atoms with Crippen LogP contribution in [0, 0.1) is 0 Å². The average molecular weight is 114 g/mol. The van der Waals surface area contributed by atoms with Gasteiger partial charge in [0.25, 0.3) is 0 Å². The van der Waals surface area contributed by atoms with E-state index in [1.165, 1.54) is 30.7 Å². The predicted octanol–water partition coefficient (Wildman–Crippen LogP) is -0.704. The Morgan fingerprint density at radius 2 is 1.50 bits per heavy atom. The van der Waals surface area contributed by atoms with Crippen LogP contribution in [0.4, 0.5) is 0 Å². The van der Waals surface area contributed by atoms with Crippen molar-refractivity contribution in [3.05, 3.63) is 30.3 Å². The van der Waals surface area contributed by atoms with Crippen molar-refractivity contribution in [1.82, 2.24) is 0 Å². The number of rotatable bonds is 0. The van der Waals surface area contributed by atoms with Crippen molar-refractivity contribution in [2.75, 3.05) is 0 Å². The molecule has 0 bridgehead atoms. The van der Waals surface area contributed by atoms with E-state index in [4.69, 9.17) is 0 Å². The van der Waals surface area contributed by atoms with Crippen LogP contribution in [0.15, 0.2) is 30.3 Å². The fraction of sp³-hybridized carbons (Fsp3) is 0. The van der Waals surface area contributed by atoms with Gasteiger partial charge in [0.05, 0.1) is 8.41 Å². The monoisotopic (exact) mass is 114 g/mol. The molecule has 0 radical (unpaired) electrons. The van der Waals surface area contributed by atoms with Gasteiger partial charge in [0.1, 0.15) is 0 Å². The summed E-state index contributed by atoms with van der Waals surface area (Å²) in [5.41, 5.74) is 0. The summed E-state index contributed by atoms with van der Waals surface area (Å²) in [5, 5.41) is 0. The first-order chi connectivity index (χ1) is 3.39. The first-order valence-corrected chi connectivity index (χ1v) is 3.41. The molecule has 2 heteroatoms. The van der Waals surface area contributed by atoms with E-state index in [-0.39, 0.29) is 8.41 Å². The summed E-state index contributed by atoms with van der Waals surface area (Å²) in [7, 11) is 0. The molecular formula is C6H8BNa. The molecule has 0 N–H and O–H groups in total. The Hall–Kier alpha value is 0.285. The molecule has 0 aliphatic rings. The molecule has 0 aromatic heterocycles. The molecule has 0 saturated carbocycles. The summed E-state index contributed by atoms with van der Waals surface area (Å²) >= 11 is 1.17. The Bertz CT molecular complexity index is 138. The number of hydrogen-bond acceptors (Lipinski definition) is 0. The van der Waals surface area contributed by atoms with E-state index in [0.29, 0.717) is 0 Å². The van der Waals surface area contributed by atoms with E-state index in [1.54, 1.807) is 0 Å². The van der Waals surface area contributed by atoms with Gasteiger partial charge in [-0.1, -0.05) is 0 Å². The van der Waals surface area contributed by atoms with Crippen LogP contribution in [-0.4, -0.2) is 36.3 Å². The molecule has 1 aromatic rings. The Labute approximate surface area is 69.3 Å². The van der Waals surface area contributed by atoms with Crippen LogP contribution in [-0.2, 0) is 0 Å². The molecule has 0 saturated heterocycles.